The lowest BCUT2D eigenvalue weighted by atomic mass is 9.92. The van der Waals surface area contributed by atoms with Gasteiger partial charge in [0.2, 0.25) is 0 Å². The van der Waals surface area contributed by atoms with Crippen LogP contribution in [0, 0.1) is 0 Å². The van der Waals surface area contributed by atoms with Crippen LogP contribution in [-0.4, -0.2) is 0 Å². The Morgan fingerprint density at radius 1 is 0.382 bits per heavy atom. The van der Waals surface area contributed by atoms with Crippen molar-refractivity contribution < 1.29 is 4.42 Å². The average Bonchev–Trinajstić information content (AvgIpc) is 3.83. The van der Waals surface area contributed by atoms with Crippen molar-refractivity contribution in [3.05, 3.63) is 200 Å². The number of benzene rings is 9. The lowest BCUT2D eigenvalue weighted by Gasteiger charge is -2.28. The Bertz CT molecular complexity index is 3200. The molecule has 9 aromatic carbocycles. The normalized spacial score (nSPS) is 11.6. The Hall–Kier alpha value is -6.94. The van der Waals surface area contributed by atoms with Gasteiger partial charge in [0, 0.05) is 47.9 Å². The highest BCUT2D eigenvalue weighted by molar-refractivity contribution is 7.26. The van der Waals surface area contributed by atoms with Gasteiger partial charge in [0.25, 0.3) is 0 Å². The van der Waals surface area contributed by atoms with Crippen LogP contribution < -0.4 is 4.90 Å². The minimum atomic E-state index is 0.895. The SMILES string of the molecule is c1ccc(-c2ccc(N(c3ccc(-c4cccc5ccccc45)cc3)c3cccc4sc5ccccc5c34)cc2-c2cccc3c2oc2ccccc23)cc1. The summed E-state index contributed by atoms with van der Waals surface area (Å²) in [6.45, 7) is 0. The first-order valence-corrected chi connectivity index (χ1v) is 19.5. The molecule has 11 aromatic rings. The molecule has 0 amide bonds. The Morgan fingerprint density at radius 3 is 1.91 bits per heavy atom. The van der Waals surface area contributed by atoms with Crippen molar-refractivity contribution in [3.8, 4) is 33.4 Å². The molecule has 0 spiro atoms. The van der Waals surface area contributed by atoms with E-state index in [0.29, 0.717) is 0 Å². The van der Waals surface area contributed by atoms with Gasteiger partial charge in [-0.25, -0.2) is 0 Å². The number of para-hydroxylation sites is 2. The maximum Gasteiger partial charge on any atom is 0.143 e. The van der Waals surface area contributed by atoms with Crippen molar-refractivity contribution in [2.24, 2.45) is 0 Å². The Kier molecular flexibility index (Phi) is 7.39. The largest absolute Gasteiger partial charge is 0.455 e. The molecule has 0 radical (unpaired) electrons. The summed E-state index contributed by atoms with van der Waals surface area (Å²) in [4.78, 5) is 2.44. The highest BCUT2D eigenvalue weighted by Gasteiger charge is 2.22. The van der Waals surface area contributed by atoms with Crippen LogP contribution in [0.4, 0.5) is 17.1 Å². The first-order valence-electron chi connectivity index (χ1n) is 18.7. The van der Waals surface area contributed by atoms with Crippen LogP contribution in [0.1, 0.15) is 0 Å². The van der Waals surface area contributed by atoms with Gasteiger partial charge >= 0.3 is 0 Å². The van der Waals surface area contributed by atoms with E-state index in [-0.39, 0.29) is 0 Å². The maximum atomic E-state index is 6.67. The van der Waals surface area contributed by atoms with Crippen LogP contribution in [0.2, 0.25) is 0 Å². The molecule has 0 N–H and O–H groups in total. The molecule has 0 aliphatic rings. The molecule has 55 heavy (non-hydrogen) atoms. The molecule has 0 atom stereocenters. The molecule has 3 heteroatoms. The number of hydrogen-bond acceptors (Lipinski definition) is 3. The Labute approximate surface area is 322 Å². The minimum absolute atomic E-state index is 0.895. The van der Waals surface area contributed by atoms with Crippen LogP contribution in [0.15, 0.2) is 205 Å². The van der Waals surface area contributed by atoms with E-state index in [0.717, 1.165) is 61.3 Å². The van der Waals surface area contributed by atoms with Gasteiger partial charge in [-0.1, -0.05) is 152 Å². The summed E-state index contributed by atoms with van der Waals surface area (Å²) in [7, 11) is 0. The van der Waals surface area contributed by atoms with Crippen molar-refractivity contribution in [1.82, 2.24) is 0 Å². The number of thiophene rings is 1. The van der Waals surface area contributed by atoms with E-state index in [9.17, 15) is 0 Å². The van der Waals surface area contributed by atoms with Crippen molar-refractivity contribution in [2.45, 2.75) is 0 Å². The predicted molar refractivity (Wildman–Crippen MR) is 235 cm³/mol. The second kappa shape index (κ2) is 12.9. The van der Waals surface area contributed by atoms with E-state index in [2.05, 4.69) is 199 Å². The van der Waals surface area contributed by atoms with Crippen molar-refractivity contribution >= 4 is 81.3 Å². The predicted octanol–water partition coefficient (Wildman–Crippen LogP) is 15.6. The third kappa shape index (κ3) is 5.24. The highest BCUT2D eigenvalue weighted by atomic mass is 32.1. The quantitative estimate of drug-likeness (QED) is 0.170. The molecule has 2 nitrogen and oxygen atoms in total. The average molecular weight is 720 g/mol. The number of nitrogens with zero attached hydrogens (tertiary/aromatic N) is 1. The zero-order valence-corrected chi connectivity index (χ0v) is 30.6. The van der Waals surface area contributed by atoms with E-state index in [1.54, 1.807) is 0 Å². The highest BCUT2D eigenvalue weighted by Crippen LogP contribution is 2.48. The summed E-state index contributed by atoms with van der Waals surface area (Å²) >= 11 is 1.85. The second-order valence-electron chi connectivity index (χ2n) is 14.0. The fourth-order valence-electron chi connectivity index (χ4n) is 8.36. The lowest BCUT2D eigenvalue weighted by molar-refractivity contribution is 0.670. The molecule has 0 fully saturated rings. The fraction of sp³-hybridized carbons (Fsp3) is 0. The Morgan fingerprint density at radius 2 is 1.02 bits per heavy atom. The molecule has 0 aliphatic carbocycles. The number of furan rings is 1. The van der Waals surface area contributed by atoms with Gasteiger partial charge in [0.1, 0.15) is 11.2 Å². The molecule has 0 unspecified atom stereocenters. The summed E-state index contributed by atoms with van der Waals surface area (Å²) in [5.74, 6) is 0. The smallest absolute Gasteiger partial charge is 0.143 e. The Balaban J connectivity index is 1.16. The van der Waals surface area contributed by atoms with Gasteiger partial charge in [-0.2, -0.15) is 0 Å². The molecule has 0 saturated carbocycles. The van der Waals surface area contributed by atoms with Gasteiger partial charge in [-0.3, -0.25) is 0 Å². The third-order valence-corrected chi connectivity index (χ3v) is 12.0. The maximum absolute atomic E-state index is 6.67. The minimum Gasteiger partial charge on any atom is -0.455 e. The zero-order chi connectivity index (χ0) is 36.3. The summed E-state index contributed by atoms with van der Waals surface area (Å²) in [6, 6.07) is 72.2. The lowest BCUT2D eigenvalue weighted by Crippen LogP contribution is -2.10. The summed E-state index contributed by atoms with van der Waals surface area (Å²) < 4.78 is 9.22. The molecule has 2 aromatic heterocycles. The van der Waals surface area contributed by atoms with E-state index in [1.807, 2.05) is 17.4 Å². The number of fused-ring (bicyclic) bond motifs is 7. The van der Waals surface area contributed by atoms with E-state index in [1.165, 1.54) is 42.1 Å². The van der Waals surface area contributed by atoms with E-state index in [4.69, 9.17) is 4.42 Å². The molecular weight excluding hydrogens is 687 g/mol. The van der Waals surface area contributed by atoms with Crippen LogP contribution in [0.5, 0.6) is 0 Å². The van der Waals surface area contributed by atoms with Gasteiger partial charge in [0.05, 0.1) is 5.69 Å². The molecule has 258 valence electrons. The molecule has 0 aliphatic heterocycles. The first-order chi connectivity index (χ1) is 27.3. The molecular formula is C52H33NOS. The van der Waals surface area contributed by atoms with Crippen molar-refractivity contribution in [2.75, 3.05) is 4.90 Å². The van der Waals surface area contributed by atoms with Crippen LogP contribution in [-0.2, 0) is 0 Å². The van der Waals surface area contributed by atoms with Crippen LogP contribution in [0.25, 0.3) is 86.3 Å². The van der Waals surface area contributed by atoms with Crippen molar-refractivity contribution in [1.29, 1.82) is 0 Å². The summed E-state index contributed by atoms with van der Waals surface area (Å²) in [6.07, 6.45) is 0. The zero-order valence-electron chi connectivity index (χ0n) is 29.8. The standard InChI is InChI=1S/C52H33NOS/c1-2-13-34(14-3-1)41-32-31-38(33-46(41)44-22-11-21-43-42-18-6-8-24-48(42)54-52(43)44)53(47-23-12-26-50-51(47)45-19-7-9-25-49(45)55-50)37-29-27-36(28-30-37)40-20-10-16-35-15-4-5-17-39(35)40/h1-33H. The fourth-order valence-corrected chi connectivity index (χ4v) is 9.49. The van der Waals surface area contributed by atoms with Gasteiger partial charge in [0.15, 0.2) is 0 Å². The van der Waals surface area contributed by atoms with Gasteiger partial charge in [-0.15, -0.1) is 11.3 Å². The molecule has 0 saturated heterocycles. The van der Waals surface area contributed by atoms with Gasteiger partial charge < -0.3 is 9.32 Å². The van der Waals surface area contributed by atoms with Crippen LogP contribution in [0.3, 0.4) is 0 Å². The second-order valence-corrected chi connectivity index (χ2v) is 15.1. The summed E-state index contributed by atoms with van der Waals surface area (Å²) in [5.41, 5.74) is 12.0. The number of rotatable bonds is 6. The van der Waals surface area contributed by atoms with Crippen molar-refractivity contribution in [3.63, 3.8) is 0 Å². The summed E-state index contributed by atoms with van der Waals surface area (Å²) in [5, 5.41) is 7.27. The number of anilines is 3. The third-order valence-electron chi connectivity index (χ3n) is 10.9. The number of hydrogen-bond donors (Lipinski definition) is 0. The molecule has 2 heterocycles. The first kappa shape index (κ1) is 31.6. The van der Waals surface area contributed by atoms with E-state index < -0.39 is 0 Å². The topological polar surface area (TPSA) is 16.4 Å². The molecule has 11 rings (SSSR count). The van der Waals surface area contributed by atoms with E-state index >= 15 is 0 Å². The molecule has 0 bridgehead atoms. The van der Waals surface area contributed by atoms with Crippen LogP contribution >= 0.6 is 11.3 Å². The monoisotopic (exact) mass is 719 g/mol. The van der Waals surface area contributed by atoms with Gasteiger partial charge in [-0.05, 0) is 87.1 Å².